The van der Waals surface area contributed by atoms with Gasteiger partial charge in [0.05, 0.1) is 29.8 Å². The molecule has 1 N–H and O–H groups in total. The molecule has 0 spiro atoms. The molecule has 0 aromatic carbocycles. The van der Waals surface area contributed by atoms with Gasteiger partial charge in [-0.25, -0.2) is 14.6 Å². The standard InChI is InChI=1S/C15H17N3O5/c1-4-6-23-14(20)10-8-11-12(16-9(10)2)18(5-7-22-3)15(21)17-13(11)19/h4,8H,1,5-7H2,2-3H3,(H,17,19,21). The van der Waals surface area contributed by atoms with Gasteiger partial charge in [-0.05, 0) is 13.0 Å². The zero-order chi connectivity index (χ0) is 17.0. The number of carbonyl (C=O) groups excluding carboxylic acids is 1. The number of pyridine rings is 1. The molecule has 0 aliphatic carbocycles. The predicted octanol–water partition coefficient (Wildman–Crippen LogP) is 0.382. The molecular formula is C15H17N3O5. The SMILES string of the molecule is C=CCOC(=O)c1cc2c(=O)[nH]c(=O)n(CCOC)c2nc1C. The Morgan fingerprint density at radius 1 is 1.48 bits per heavy atom. The van der Waals surface area contributed by atoms with E-state index < -0.39 is 17.2 Å². The number of aryl methyl sites for hydroxylation is 1. The molecule has 0 saturated heterocycles. The Hall–Kier alpha value is -2.74. The van der Waals surface area contributed by atoms with Gasteiger partial charge in [-0.15, -0.1) is 0 Å². The van der Waals surface area contributed by atoms with Crippen molar-refractivity contribution in [2.24, 2.45) is 0 Å². The second kappa shape index (κ2) is 7.01. The second-order valence-corrected chi connectivity index (χ2v) is 4.78. The van der Waals surface area contributed by atoms with Crippen LogP contribution in [0.5, 0.6) is 0 Å². The third-order valence-corrected chi connectivity index (χ3v) is 3.23. The number of esters is 1. The van der Waals surface area contributed by atoms with Gasteiger partial charge in [0.15, 0.2) is 0 Å². The average Bonchev–Trinajstić information content (AvgIpc) is 2.52. The van der Waals surface area contributed by atoms with E-state index in [1.54, 1.807) is 6.92 Å². The molecular weight excluding hydrogens is 302 g/mol. The molecule has 8 heteroatoms. The van der Waals surface area contributed by atoms with Crippen LogP contribution in [0.1, 0.15) is 16.1 Å². The summed E-state index contributed by atoms with van der Waals surface area (Å²) in [5.74, 6) is -0.606. The first-order chi connectivity index (χ1) is 11.0. The van der Waals surface area contributed by atoms with Crippen molar-refractivity contribution in [3.63, 3.8) is 0 Å². The number of hydrogen-bond donors (Lipinski definition) is 1. The maximum Gasteiger partial charge on any atom is 0.340 e. The minimum atomic E-state index is -0.607. The van der Waals surface area contributed by atoms with Crippen LogP contribution in [0.3, 0.4) is 0 Å². The highest BCUT2D eigenvalue weighted by Gasteiger charge is 2.17. The lowest BCUT2D eigenvalue weighted by molar-refractivity contribution is 0.0548. The van der Waals surface area contributed by atoms with Crippen LogP contribution in [-0.2, 0) is 16.0 Å². The topological polar surface area (TPSA) is 103 Å². The number of rotatable bonds is 6. The fourth-order valence-electron chi connectivity index (χ4n) is 2.10. The summed E-state index contributed by atoms with van der Waals surface area (Å²) < 4.78 is 11.2. The predicted molar refractivity (Wildman–Crippen MR) is 83.7 cm³/mol. The molecule has 122 valence electrons. The zero-order valence-corrected chi connectivity index (χ0v) is 12.9. The molecule has 23 heavy (non-hydrogen) atoms. The Morgan fingerprint density at radius 2 is 2.22 bits per heavy atom. The highest BCUT2D eigenvalue weighted by Crippen LogP contribution is 2.13. The summed E-state index contributed by atoms with van der Waals surface area (Å²) >= 11 is 0. The number of H-pyrrole nitrogens is 1. The number of nitrogens with zero attached hydrogens (tertiary/aromatic N) is 2. The minimum absolute atomic E-state index is 0.0556. The molecule has 0 fully saturated rings. The fraction of sp³-hybridized carbons (Fsp3) is 0.333. The van der Waals surface area contributed by atoms with Crippen molar-refractivity contribution in [1.82, 2.24) is 14.5 Å². The lowest BCUT2D eigenvalue weighted by Gasteiger charge is -2.11. The molecule has 0 bridgehead atoms. The van der Waals surface area contributed by atoms with Crippen LogP contribution in [0.4, 0.5) is 0 Å². The summed E-state index contributed by atoms with van der Waals surface area (Å²) in [7, 11) is 1.51. The van der Waals surface area contributed by atoms with Crippen molar-refractivity contribution >= 4 is 17.0 Å². The third-order valence-electron chi connectivity index (χ3n) is 3.23. The van der Waals surface area contributed by atoms with Crippen LogP contribution in [0, 0.1) is 6.92 Å². The molecule has 2 heterocycles. The van der Waals surface area contributed by atoms with Crippen molar-refractivity contribution in [2.75, 3.05) is 20.3 Å². The van der Waals surface area contributed by atoms with E-state index in [9.17, 15) is 14.4 Å². The molecule has 0 unspecified atom stereocenters. The van der Waals surface area contributed by atoms with Crippen LogP contribution in [0.2, 0.25) is 0 Å². The molecule has 2 aromatic rings. The van der Waals surface area contributed by atoms with Crippen LogP contribution in [-0.4, -0.2) is 40.8 Å². The van der Waals surface area contributed by atoms with Gasteiger partial charge in [-0.2, -0.15) is 0 Å². The Bertz CT molecular complexity index is 866. The first-order valence-electron chi connectivity index (χ1n) is 6.91. The summed E-state index contributed by atoms with van der Waals surface area (Å²) in [5.41, 5.74) is -0.449. The van der Waals surface area contributed by atoms with Crippen LogP contribution < -0.4 is 11.2 Å². The van der Waals surface area contributed by atoms with E-state index in [0.717, 1.165) is 0 Å². The molecule has 0 radical (unpaired) electrons. The van der Waals surface area contributed by atoms with Gasteiger partial charge in [-0.3, -0.25) is 14.3 Å². The quantitative estimate of drug-likeness (QED) is 0.610. The zero-order valence-electron chi connectivity index (χ0n) is 12.9. The smallest absolute Gasteiger partial charge is 0.340 e. The van der Waals surface area contributed by atoms with Crippen molar-refractivity contribution in [3.05, 3.63) is 50.8 Å². The third kappa shape index (κ3) is 3.37. The maximum absolute atomic E-state index is 12.0. The first-order valence-corrected chi connectivity index (χ1v) is 6.91. The Balaban J connectivity index is 2.64. The molecule has 0 aliphatic rings. The summed E-state index contributed by atoms with van der Waals surface area (Å²) in [6, 6.07) is 1.38. The van der Waals surface area contributed by atoms with Gasteiger partial charge in [0.2, 0.25) is 0 Å². The van der Waals surface area contributed by atoms with Gasteiger partial charge >= 0.3 is 11.7 Å². The lowest BCUT2D eigenvalue weighted by atomic mass is 10.1. The number of hydrogen-bond acceptors (Lipinski definition) is 6. The summed E-state index contributed by atoms with van der Waals surface area (Å²) in [5, 5.41) is 0.136. The van der Waals surface area contributed by atoms with Crippen LogP contribution >= 0.6 is 0 Å². The van der Waals surface area contributed by atoms with Crippen molar-refractivity contribution in [3.8, 4) is 0 Å². The Labute approximate surface area is 131 Å². The molecule has 2 rings (SSSR count). The number of aromatic amines is 1. The second-order valence-electron chi connectivity index (χ2n) is 4.78. The van der Waals surface area contributed by atoms with Gasteiger partial charge in [0.25, 0.3) is 5.56 Å². The molecule has 0 saturated carbocycles. The van der Waals surface area contributed by atoms with E-state index >= 15 is 0 Å². The Kier molecular flexibility index (Phi) is 5.07. The van der Waals surface area contributed by atoms with Crippen LogP contribution in [0.15, 0.2) is 28.3 Å². The molecule has 2 aromatic heterocycles. The number of methoxy groups -OCH3 is 1. The van der Waals surface area contributed by atoms with E-state index in [1.165, 1.54) is 23.8 Å². The number of carbonyl (C=O) groups is 1. The molecule has 0 aliphatic heterocycles. The van der Waals surface area contributed by atoms with Gasteiger partial charge in [0.1, 0.15) is 12.3 Å². The van der Waals surface area contributed by atoms with Gasteiger partial charge in [-0.1, -0.05) is 12.7 Å². The molecule has 8 nitrogen and oxygen atoms in total. The molecule has 0 amide bonds. The van der Waals surface area contributed by atoms with E-state index in [-0.39, 0.29) is 36.4 Å². The average molecular weight is 319 g/mol. The fourth-order valence-corrected chi connectivity index (χ4v) is 2.10. The van der Waals surface area contributed by atoms with Crippen molar-refractivity contribution < 1.29 is 14.3 Å². The summed E-state index contributed by atoms with van der Waals surface area (Å²) in [6.07, 6.45) is 1.44. The highest BCUT2D eigenvalue weighted by atomic mass is 16.5. The van der Waals surface area contributed by atoms with Gasteiger partial charge < -0.3 is 9.47 Å². The summed E-state index contributed by atoms with van der Waals surface area (Å²) in [6.45, 7) is 5.64. The minimum Gasteiger partial charge on any atom is -0.458 e. The van der Waals surface area contributed by atoms with Gasteiger partial charge in [0, 0.05) is 7.11 Å². The van der Waals surface area contributed by atoms with E-state index in [1.807, 2.05) is 0 Å². The normalized spacial score (nSPS) is 10.7. The largest absolute Gasteiger partial charge is 0.458 e. The Morgan fingerprint density at radius 3 is 2.87 bits per heavy atom. The summed E-state index contributed by atoms with van der Waals surface area (Å²) in [4.78, 5) is 42.4. The number of fused-ring (bicyclic) bond motifs is 1. The molecule has 0 atom stereocenters. The van der Waals surface area contributed by atoms with E-state index in [4.69, 9.17) is 9.47 Å². The number of nitrogens with one attached hydrogen (secondary N) is 1. The van der Waals surface area contributed by atoms with Crippen LogP contribution in [0.25, 0.3) is 11.0 Å². The number of aromatic nitrogens is 3. The van der Waals surface area contributed by atoms with E-state index in [0.29, 0.717) is 5.69 Å². The van der Waals surface area contributed by atoms with E-state index in [2.05, 4.69) is 16.5 Å². The highest BCUT2D eigenvalue weighted by molar-refractivity contribution is 5.94. The van der Waals surface area contributed by atoms with Crippen molar-refractivity contribution in [2.45, 2.75) is 13.5 Å². The monoisotopic (exact) mass is 319 g/mol. The number of ether oxygens (including phenoxy) is 2. The maximum atomic E-state index is 12.0. The first kappa shape index (κ1) is 16.6. The van der Waals surface area contributed by atoms with Crippen molar-refractivity contribution in [1.29, 1.82) is 0 Å². The lowest BCUT2D eigenvalue weighted by Crippen LogP contribution is -2.32.